The predicted molar refractivity (Wildman–Crippen MR) is 122 cm³/mol. The summed E-state index contributed by atoms with van der Waals surface area (Å²) in [5, 5.41) is 14.1. The fourth-order valence-electron chi connectivity index (χ4n) is 3.52. The number of unbranched alkanes of at least 4 members (excludes halogenated alkanes) is 2. The molecule has 0 spiro atoms. The minimum absolute atomic E-state index is 0.102. The Morgan fingerprint density at radius 1 is 1.12 bits per heavy atom. The zero-order valence-electron chi connectivity index (χ0n) is 18.0. The average Bonchev–Trinajstić information content (AvgIpc) is 2.83. The molecule has 32 heavy (non-hydrogen) atoms. The van der Waals surface area contributed by atoms with Gasteiger partial charge in [-0.25, -0.2) is 4.39 Å². The molecule has 0 radical (unpaired) electrons. The second-order valence-electron chi connectivity index (χ2n) is 7.51. The van der Waals surface area contributed by atoms with E-state index in [0.717, 1.165) is 63.7 Å². The maximum atomic E-state index is 13.7. The van der Waals surface area contributed by atoms with Crippen LogP contribution in [0.4, 0.5) is 10.1 Å². The highest BCUT2D eigenvalue weighted by atomic mass is 19.1. The van der Waals surface area contributed by atoms with E-state index in [1.165, 1.54) is 12.3 Å². The summed E-state index contributed by atoms with van der Waals surface area (Å²) in [6, 6.07) is 10.9. The van der Waals surface area contributed by atoms with Gasteiger partial charge in [0.05, 0.1) is 11.9 Å². The summed E-state index contributed by atoms with van der Waals surface area (Å²) in [6.45, 7) is 4.78. The quantitative estimate of drug-likeness (QED) is 0.217. The Hall–Kier alpha value is -3.51. The van der Waals surface area contributed by atoms with Crippen LogP contribution in [0.15, 0.2) is 53.8 Å². The molecule has 1 aromatic heterocycles. The molecular weight excluding hydrogens is 409 g/mol. The first kappa shape index (κ1) is 23.2. The van der Waals surface area contributed by atoms with E-state index >= 15 is 0 Å². The number of carbonyl (C=O) groups is 1. The number of amides is 1. The Morgan fingerprint density at radius 2 is 1.91 bits per heavy atom. The van der Waals surface area contributed by atoms with Crippen LogP contribution in [0.25, 0.3) is 0 Å². The van der Waals surface area contributed by atoms with Crippen LogP contribution < -0.4 is 10.6 Å². The topological polar surface area (TPSA) is 96.7 Å². The van der Waals surface area contributed by atoms with Crippen molar-refractivity contribution in [2.75, 3.05) is 44.6 Å². The minimum Gasteiger partial charge on any atom is -0.336 e. The first-order valence-corrected chi connectivity index (χ1v) is 10.8. The zero-order valence-corrected chi connectivity index (χ0v) is 18.0. The Balaban J connectivity index is 1.33. The fraction of sp³-hybridized carbons (Fsp3) is 0.391. The third kappa shape index (κ3) is 7.03. The number of halogens is 1. The lowest BCUT2D eigenvalue weighted by Gasteiger charge is -2.34. The van der Waals surface area contributed by atoms with Crippen LogP contribution in [0.3, 0.4) is 0 Å². The number of nitrogens with one attached hydrogen (secondary N) is 2. The van der Waals surface area contributed by atoms with Crippen LogP contribution in [0.5, 0.6) is 0 Å². The van der Waals surface area contributed by atoms with Crippen molar-refractivity contribution >= 4 is 17.6 Å². The largest absolute Gasteiger partial charge is 0.336 e. The number of hydrogen-bond acceptors (Lipinski definition) is 5. The number of guanidine groups is 1. The van der Waals surface area contributed by atoms with E-state index in [4.69, 9.17) is 5.26 Å². The van der Waals surface area contributed by atoms with Crippen LogP contribution in [-0.4, -0.2) is 65.9 Å². The highest BCUT2D eigenvalue weighted by Gasteiger charge is 2.21. The molecule has 1 aromatic carbocycles. The fourth-order valence-corrected chi connectivity index (χ4v) is 3.52. The number of anilines is 1. The molecule has 2 aromatic rings. The highest BCUT2D eigenvalue weighted by molar-refractivity contribution is 5.95. The highest BCUT2D eigenvalue weighted by Crippen LogP contribution is 2.11. The number of piperazine rings is 1. The van der Waals surface area contributed by atoms with Gasteiger partial charge in [-0.1, -0.05) is 24.6 Å². The first-order valence-electron chi connectivity index (χ1n) is 10.8. The molecule has 168 valence electrons. The lowest BCUT2D eigenvalue weighted by atomic mass is 10.1. The van der Waals surface area contributed by atoms with Crippen molar-refractivity contribution < 1.29 is 9.18 Å². The van der Waals surface area contributed by atoms with Gasteiger partial charge >= 0.3 is 0 Å². The molecule has 1 amide bonds. The van der Waals surface area contributed by atoms with E-state index in [9.17, 15) is 9.18 Å². The van der Waals surface area contributed by atoms with E-state index in [0.29, 0.717) is 6.54 Å². The second kappa shape index (κ2) is 12.4. The van der Waals surface area contributed by atoms with E-state index < -0.39 is 5.82 Å². The Kier molecular flexibility index (Phi) is 8.95. The number of carbonyl (C=O) groups excluding carboxylic acids is 1. The summed E-state index contributed by atoms with van der Waals surface area (Å²) >= 11 is 0. The van der Waals surface area contributed by atoms with E-state index in [1.807, 2.05) is 41.4 Å². The van der Waals surface area contributed by atoms with Crippen molar-refractivity contribution in [2.24, 2.45) is 4.99 Å². The van der Waals surface area contributed by atoms with Crippen molar-refractivity contribution in [1.82, 2.24) is 20.1 Å². The number of rotatable bonds is 8. The molecule has 2 N–H and O–H groups in total. The Bertz CT molecular complexity index is 937. The van der Waals surface area contributed by atoms with E-state index in [2.05, 4.69) is 25.5 Å². The number of pyridine rings is 1. The predicted octanol–water partition coefficient (Wildman–Crippen LogP) is 2.69. The standard InChI is InChI=1S/C23H28FN7O/c24-20-17-26-11-9-21(20)29-23(28-18-25)27-10-5-2-6-12-30-13-15-31(16-14-30)22(32)19-7-3-1-4-8-19/h1,3-4,7-9,11,17H,2,5-6,10,12-16H2,(H2,26,27,28,29). The van der Waals surface area contributed by atoms with Gasteiger partial charge in [0, 0.05) is 44.5 Å². The third-order valence-electron chi connectivity index (χ3n) is 5.28. The summed E-state index contributed by atoms with van der Waals surface area (Å²) in [4.78, 5) is 24.8. The molecule has 0 atom stereocenters. The smallest absolute Gasteiger partial charge is 0.253 e. The summed E-state index contributed by atoms with van der Waals surface area (Å²) in [5.41, 5.74) is 0.958. The molecule has 1 aliphatic rings. The molecule has 0 bridgehead atoms. The molecule has 2 heterocycles. The third-order valence-corrected chi connectivity index (χ3v) is 5.28. The molecule has 1 aliphatic heterocycles. The molecule has 9 heteroatoms. The summed E-state index contributed by atoms with van der Waals surface area (Å²) in [6.07, 6.45) is 7.27. The molecule has 3 rings (SSSR count). The number of nitrogens with zero attached hydrogens (tertiary/aromatic N) is 5. The summed E-state index contributed by atoms with van der Waals surface area (Å²) in [5.74, 6) is -0.188. The maximum absolute atomic E-state index is 13.7. The molecular formula is C23H28FN7O. The molecule has 0 saturated carbocycles. The van der Waals surface area contributed by atoms with E-state index in [-0.39, 0.29) is 17.6 Å². The Labute approximate surface area is 187 Å². The molecule has 0 aliphatic carbocycles. The van der Waals surface area contributed by atoms with Gasteiger partial charge in [0.15, 0.2) is 12.0 Å². The second-order valence-corrected chi connectivity index (χ2v) is 7.51. The van der Waals surface area contributed by atoms with Gasteiger partial charge in [0.2, 0.25) is 5.96 Å². The lowest BCUT2D eigenvalue weighted by Crippen LogP contribution is -2.48. The number of aromatic nitrogens is 1. The molecule has 1 fully saturated rings. The number of hydrogen-bond donors (Lipinski definition) is 2. The van der Waals surface area contributed by atoms with Crippen molar-refractivity contribution in [3.8, 4) is 6.19 Å². The Morgan fingerprint density at radius 3 is 2.62 bits per heavy atom. The van der Waals surface area contributed by atoms with Crippen LogP contribution in [0.1, 0.15) is 29.6 Å². The minimum atomic E-state index is -0.509. The number of aliphatic imine (C=N–C) groups is 1. The van der Waals surface area contributed by atoms with Gasteiger partial charge in [-0.15, -0.1) is 0 Å². The first-order chi connectivity index (χ1) is 15.7. The normalized spacial score (nSPS) is 14.6. The lowest BCUT2D eigenvalue weighted by molar-refractivity contribution is 0.0635. The van der Waals surface area contributed by atoms with Crippen LogP contribution in [0.2, 0.25) is 0 Å². The SMILES string of the molecule is N#CNC(=NCCCCCN1CCN(C(=O)c2ccccc2)CC1)Nc1ccncc1F. The zero-order chi connectivity index (χ0) is 22.6. The van der Waals surface area contributed by atoms with Gasteiger partial charge in [0.1, 0.15) is 0 Å². The summed E-state index contributed by atoms with van der Waals surface area (Å²) < 4.78 is 13.7. The van der Waals surface area contributed by atoms with Crippen LogP contribution in [0, 0.1) is 17.3 Å². The molecule has 0 unspecified atom stereocenters. The van der Waals surface area contributed by atoms with Gasteiger partial charge in [-0.2, -0.15) is 5.26 Å². The van der Waals surface area contributed by atoms with Gasteiger partial charge in [-0.3, -0.25) is 25.0 Å². The van der Waals surface area contributed by atoms with Crippen molar-refractivity contribution in [3.63, 3.8) is 0 Å². The maximum Gasteiger partial charge on any atom is 0.253 e. The van der Waals surface area contributed by atoms with E-state index in [1.54, 1.807) is 0 Å². The molecule has 1 saturated heterocycles. The monoisotopic (exact) mass is 437 g/mol. The van der Waals surface area contributed by atoms with Crippen molar-refractivity contribution in [2.45, 2.75) is 19.3 Å². The van der Waals surface area contributed by atoms with Crippen molar-refractivity contribution in [1.29, 1.82) is 5.26 Å². The average molecular weight is 438 g/mol. The van der Waals surface area contributed by atoms with Crippen molar-refractivity contribution in [3.05, 3.63) is 60.2 Å². The van der Waals surface area contributed by atoms with Crippen LogP contribution >= 0.6 is 0 Å². The molecule has 8 nitrogen and oxygen atoms in total. The summed E-state index contributed by atoms with van der Waals surface area (Å²) in [7, 11) is 0. The number of benzene rings is 1. The van der Waals surface area contributed by atoms with Crippen LogP contribution in [-0.2, 0) is 0 Å². The van der Waals surface area contributed by atoms with Gasteiger partial charge in [0.25, 0.3) is 5.91 Å². The number of nitriles is 1. The van der Waals surface area contributed by atoms with Gasteiger partial charge in [-0.05, 0) is 37.6 Å². The van der Waals surface area contributed by atoms with Gasteiger partial charge < -0.3 is 10.2 Å².